The topological polar surface area (TPSA) is 129 Å². The molecule has 0 unspecified atom stereocenters. The summed E-state index contributed by atoms with van der Waals surface area (Å²) in [4.78, 5) is 21.8. The first-order valence-electron chi connectivity index (χ1n) is 13.7. The average molecular weight is 605 g/mol. The van der Waals surface area contributed by atoms with Crippen LogP contribution in [0.5, 0.6) is 0 Å². The Hall–Kier alpha value is -5.55. The zero-order chi connectivity index (χ0) is 30.7. The van der Waals surface area contributed by atoms with Crippen molar-refractivity contribution >= 4 is 43.6 Å². The normalized spacial score (nSPS) is 11.9. The summed E-state index contributed by atoms with van der Waals surface area (Å²) in [7, 11) is -4.25. The van der Waals surface area contributed by atoms with Crippen LogP contribution in [0.2, 0.25) is 0 Å². The zero-order valence-electron chi connectivity index (χ0n) is 23.6. The molecule has 0 spiro atoms. The minimum atomic E-state index is -4.25. The van der Waals surface area contributed by atoms with E-state index < -0.39 is 21.6 Å². The van der Waals surface area contributed by atoms with Gasteiger partial charge in [0.1, 0.15) is 23.2 Å². The van der Waals surface area contributed by atoms with Crippen molar-refractivity contribution < 1.29 is 17.6 Å². The highest BCUT2D eigenvalue weighted by atomic mass is 32.2. The van der Waals surface area contributed by atoms with E-state index in [0.717, 1.165) is 26.4 Å². The summed E-state index contributed by atoms with van der Waals surface area (Å²) in [6.07, 6.45) is 1.32. The van der Waals surface area contributed by atoms with Gasteiger partial charge in [0, 0.05) is 10.9 Å². The molecule has 0 aliphatic rings. The van der Waals surface area contributed by atoms with Gasteiger partial charge in [-0.1, -0.05) is 42.0 Å². The van der Waals surface area contributed by atoms with Gasteiger partial charge in [0.25, 0.3) is 10.0 Å². The van der Waals surface area contributed by atoms with Crippen molar-refractivity contribution in [2.75, 3.05) is 5.73 Å². The largest absolute Gasteiger partial charge is 0.383 e. The maximum atomic E-state index is 14.6. The van der Waals surface area contributed by atoms with Gasteiger partial charge in [-0.15, -0.1) is 0 Å². The Morgan fingerprint density at radius 3 is 2.48 bits per heavy atom. The number of rotatable bonds is 6. The number of nitrogens with one attached hydrogen (secondary N) is 1. The van der Waals surface area contributed by atoms with Crippen molar-refractivity contribution in [3.63, 3.8) is 0 Å². The number of fused-ring (bicyclic) bond motifs is 2. The number of H-pyrrole nitrogens is 1. The van der Waals surface area contributed by atoms with Crippen molar-refractivity contribution in [3.05, 3.63) is 126 Å². The number of ketones is 1. The Morgan fingerprint density at radius 2 is 1.70 bits per heavy atom. The van der Waals surface area contributed by atoms with Gasteiger partial charge in [0.05, 0.1) is 38.9 Å². The third-order valence-corrected chi connectivity index (χ3v) is 9.36. The predicted octanol–water partition coefficient (Wildman–Crippen LogP) is 6.18. The van der Waals surface area contributed by atoms with Gasteiger partial charge < -0.3 is 10.7 Å². The molecular weight excluding hydrogens is 579 g/mol. The Labute approximate surface area is 251 Å². The smallest absolute Gasteiger partial charge is 0.268 e. The molecule has 7 rings (SSSR count). The molecule has 0 amide bonds. The molecule has 0 aliphatic carbocycles. The summed E-state index contributed by atoms with van der Waals surface area (Å²) >= 11 is 0. The number of benzene rings is 4. The second-order valence-electron chi connectivity index (χ2n) is 10.6. The van der Waals surface area contributed by atoms with Gasteiger partial charge in [-0.05, 0) is 74.0 Å². The lowest BCUT2D eigenvalue weighted by atomic mass is 10.0. The number of hydrogen-bond acceptors (Lipinski definition) is 6. The van der Waals surface area contributed by atoms with Crippen LogP contribution in [-0.4, -0.2) is 37.9 Å². The number of halogens is 1. The fraction of sp³-hybridized carbons (Fsp3) is 0.0606. The van der Waals surface area contributed by atoms with E-state index in [1.807, 2.05) is 26.0 Å². The van der Waals surface area contributed by atoms with Crippen molar-refractivity contribution in [1.82, 2.24) is 23.7 Å². The van der Waals surface area contributed by atoms with Crippen LogP contribution in [0.15, 0.2) is 102 Å². The van der Waals surface area contributed by atoms with E-state index >= 15 is 0 Å². The fourth-order valence-corrected chi connectivity index (χ4v) is 6.93. The van der Waals surface area contributed by atoms with Crippen molar-refractivity contribution in [3.8, 4) is 16.8 Å². The SMILES string of the molecule is Cc1ccc(S(=O)(=O)n2c(C(=O)c3cnn(-c4ccc5nc(C)[nH]c5c4)c3N)cc3cc(-c4ccccc4F)ccc32)cc1. The van der Waals surface area contributed by atoms with E-state index in [1.165, 1.54) is 35.1 Å². The van der Waals surface area contributed by atoms with E-state index in [0.29, 0.717) is 22.2 Å². The van der Waals surface area contributed by atoms with Crippen LogP contribution in [0.3, 0.4) is 0 Å². The van der Waals surface area contributed by atoms with E-state index in [9.17, 15) is 17.6 Å². The van der Waals surface area contributed by atoms with E-state index in [1.54, 1.807) is 54.6 Å². The summed E-state index contributed by atoms with van der Waals surface area (Å²) in [6, 6.07) is 24.5. The monoisotopic (exact) mass is 604 g/mol. The number of anilines is 1. The molecule has 0 saturated heterocycles. The van der Waals surface area contributed by atoms with Gasteiger partial charge in [-0.25, -0.2) is 26.4 Å². The number of nitrogens with zero attached hydrogens (tertiary/aromatic N) is 4. The van der Waals surface area contributed by atoms with Crippen LogP contribution < -0.4 is 5.73 Å². The zero-order valence-corrected chi connectivity index (χ0v) is 24.4. The molecule has 3 heterocycles. The number of aryl methyl sites for hydroxylation is 2. The predicted molar refractivity (Wildman–Crippen MR) is 167 cm³/mol. The minimum Gasteiger partial charge on any atom is -0.383 e. The third kappa shape index (κ3) is 4.36. The Morgan fingerprint density at radius 1 is 0.932 bits per heavy atom. The molecule has 44 heavy (non-hydrogen) atoms. The minimum absolute atomic E-state index is 0.0136. The molecule has 218 valence electrons. The Bertz CT molecular complexity index is 2370. The van der Waals surface area contributed by atoms with Crippen molar-refractivity contribution in [2.24, 2.45) is 0 Å². The van der Waals surface area contributed by atoms with Crippen LogP contribution in [0.4, 0.5) is 10.2 Å². The van der Waals surface area contributed by atoms with Gasteiger partial charge in [0.2, 0.25) is 5.78 Å². The second kappa shape index (κ2) is 10.0. The number of aromatic amines is 1. The first-order valence-corrected chi connectivity index (χ1v) is 15.1. The highest BCUT2D eigenvalue weighted by molar-refractivity contribution is 7.90. The molecule has 3 N–H and O–H groups in total. The molecule has 3 aromatic heterocycles. The summed E-state index contributed by atoms with van der Waals surface area (Å²) < 4.78 is 45.3. The maximum Gasteiger partial charge on any atom is 0.268 e. The van der Waals surface area contributed by atoms with Crippen LogP contribution in [0.25, 0.3) is 38.8 Å². The number of nitrogen functional groups attached to an aromatic ring is 1. The molecule has 0 aliphatic heterocycles. The first-order chi connectivity index (χ1) is 21.1. The standard InChI is InChI=1S/C33H25FN6O3S/c1-19-7-11-24(12-8-19)44(42,43)40-30-14-9-21(25-5-3-4-6-27(25)34)15-22(30)16-31(40)32(41)26-18-36-39(33(26)35)23-10-13-28-29(17-23)38-20(2)37-28/h3-18H,35H2,1-2H3,(H,37,38). The van der Waals surface area contributed by atoms with Gasteiger partial charge in [-0.2, -0.15) is 5.10 Å². The number of imidazole rings is 1. The highest BCUT2D eigenvalue weighted by Gasteiger charge is 2.29. The lowest BCUT2D eigenvalue weighted by molar-refractivity contribution is 0.103. The molecule has 0 saturated carbocycles. The maximum absolute atomic E-state index is 14.6. The summed E-state index contributed by atoms with van der Waals surface area (Å²) in [6.45, 7) is 3.70. The van der Waals surface area contributed by atoms with Crippen LogP contribution >= 0.6 is 0 Å². The number of carbonyl (C=O) groups excluding carboxylic acids is 1. The third-order valence-electron chi connectivity index (χ3n) is 7.61. The molecule has 4 aromatic carbocycles. The second-order valence-corrected chi connectivity index (χ2v) is 12.4. The fourth-order valence-electron chi connectivity index (χ4n) is 5.42. The Balaban J connectivity index is 1.40. The van der Waals surface area contributed by atoms with Crippen molar-refractivity contribution in [1.29, 1.82) is 0 Å². The van der Waals surface area contributed by atoms with Crippen LogP contribution in [-0.2, 0) is 10.0 Å². The summed E-state index contributed by atoms with van der Waals surface area (Å²) in [5.41, 5.74) is 10.6. The molecule has 0 bridgehead atoms. The average Bonchev–Trinajstić information content (AvgIpc) is 3.70. The molecule has 7 aromatic rings. The Kier molecular flexibility index (Phi) is 6.22. The number of carbonyl (C=O) groups is 1. The number of hydrogen-bond donors (Lipinski definition) is 2. The lowest BCUT2D eigenvalue weighted by Gasteiger charge is -2.12. The van der Waals surface area contributed by atoms with E-state index in [-0.39, 0.29) is 27.5 Å². The molecule has 11 heteroatoms. The van der Waals surface area contributed by atoms with Gasteiger partial charge >= 0.3 is 0 Å². The van der Waals surface area contributed by atoms with Crippen molar-refractivity contribution in [2.45, 2.75) is 18.7 Å². The summed E-state index contributed by atoms with van der Waals surface area (Å²) in [5.74, 6) is -0.255. The van der Waals surface area contributed by atoms with Gasteiger partial charge in [-0.3, -0.25) is 4.79 Å². The first kappa shape index (κ1) is 27.3. The molecule has 9 nitrogen and oxygen atoms in total. The van der Waals surface area contributed by atoms with Gasteiger partial charge in [0.15, 0.2) is 0 Å². The molecular formula is C33H25FN6O3S. The van der Waals surface area contributed by atoms with Crippen LogP contribution in [0, 0.1) is 19.7 Å². The number of aromatic nitrogens is 5. The molecule has 0 fully saturated rings. The van der Waals surface area contributed by atoms with Crippen LogP contribution in [0.1, 0.15) is 27.4 Å². The number of nitrogens with two attached hydrogens (primary N) is 1. The quantitative estimate of drug-likeness (QED) is 0.218. The lowest BCUT2D eigenvalue weighted by Crippen LogP contribution is -2.19. The highest BCUT2D eigenvalue weighted by Crippen LogP contribution is 2.33. The van der Waals surface area contributed by atoms with E-state index in [4.69, 9.17) is 5.73 Å². The molecule has 0 atom stereocenters. The summed E-state index contributed by atoms with van der Waals surface area (Å²) in [5, 5.41) is 4.80. The molecule has 0 radical (unpaired) electrons. The van der Waals surface area contributed by atoms with E-state index in [2.05, 4.69) is 15.1 Å².